The summed E-state index contributed by atoms with van der Waals surface area (Å²) in [5, 5.41) is 3.31. The molecule has 7 heteroatoms. The largest absolute Gasteiger partial charge is 0.460 e. The third-order valence-electron chi connectivity index (χ3n) is 1.94. The number of rotatable bonds is 4. The quantitative estimate of drug-likeness (QED) is 0.858. The van der Waals surface area contributed by atoms with Crippen molar-refractivity contribution in [1.82, 2.24) is 9.97 Å². The molecule has 2 heterocycles. The van der Waals surface area contributed by atoms with Crippen LogP contribution >= 0.6 is 11.6 Å². The normalized spacial score (nSPS) is 10.1. The van der Waals surface area contributed by atoms with Crippen LogP contribution in [0.4, 0.5) is 11.8 Å². The maximum Gasteiger partial charge on any atom is 0.376 e. The molecule has 6 nitrogen and oxygen atoms in total. The number of oxazole rings is 1. The van der Waals surface area contributed by atoms with Crippen LogP contribution in [0.1, 0.15) is 17.5 Å². The van der Waals surface area contributed by atoms with Crippen LogP contribution in [0.2, 0.25) is 5.02 Å². The number of anilines is 2. The van der Waals surface area contributed by atoms with Crippen LogP contribution in [0, 0.1) is 0 Å². The number of ether oxygens (including phenoxy) is 1. The number of carbonyl (C=O) groups excluding carboxylic acids is 1. The lowest BCUT2D eigenvalue weighted by Crippen LogP contribution is -2.02. The zero-order chi connectivity index (χ0) is 13.0. The predicted molar refractivity (Wildman–Crippen MR) is 65.0 cm³/mol. The molecule has 18 heavy (non-hydrogen) atoms. The molecule has 0 atom stereocenters. The Labute approximate surface area is 108 Å². The van der Waals surface area contributed by atoms with E-state index in [2.05, 4.69) is 15.3 Å². The third-order valence-corrected chi connectivity index (χ3v) is 2.17. The van der Waals surface area contributed by atoms with Crippen molar-refractivity contribution in [3.8, 4) is 0 Å². The van der Waals surface area contributed by atoms with Gasteiger partial charge in [-0.05, 0) is 19.1 Å². The van der Waals surface area contributed by atoms with Gasteiger partial charge in [-0.3, -0.25) is 5.32 Å². The van der Waals surface area contributed by atoms with Gasteiger partial charge in [-0.25, -0.2) is 14.8 Å². The van der Waals surface area contributed by atoms with Gasteiger partial charge in [-0.15, -0.1) is 0 Å². The first-order valence-corrected chi connectivity index (χ1v) is 5.58. The van der Waals surface area contributed by atoms with E-state index in [4.69, 9.17) is 20.8 Å². The molecule has 0 bridgehead atoms. The van der Waals surface area contributed by atoms with Crippen molar-refractivity contribution in [1.29, 1.82) is 0 Å². The first-order chi connectivity index (χ1) is 8.69. The number of hydrogen-bond donors (Lipinski definition) is 1. The van der Waals surface area contributed by atoms with Gasteiger partial charge in [0.05, 0.1) is 12.8 Å². The Kier molecular flexibility index (Phi) is 3.78. The summed E-state index contributed by atoms with van der Waals surface area (Å²) in [4.78, 5) is 19.2. The average Bonchev–Trinajstić information content (AvgIpc) is 2.78. The summed E-state index contributed by atoms with van der Waals surface area (Å²) < 4.78 is 9.94. The lowest BCUT2D eigenvalue weighted by molar-refractivity contribution is 0.0491. The molecule has 1 N–H and O–H groups in total. The molecule has 0 aliphatic heterocycles. The molecule has 0 aromatic carbocycles. The minimum atomic E-state index is -0.558. The van der Waals surface area contributed by atoms with Crippen LogP contribution in [-0.2, 0) is 4.74 Å². The highest BCUT2D eigenvalue weighted by atomic mass is 35.5. The van der Waals surface area contributed by atoms with Gasteiger partial charge in [0.25, 0.3) is 0 Å². The van der Waals surface area contributed by atoms with Gasteiger partial charge in [0.1, 0.15) is 5.82 Å². The fourth-order valence-corrected chi connectivity index (χ4v) is 1.37. The summed E-state index contributed by atoms with van der Waals surface area (Å²) in [6.45, 7) is 1.99. The summed E-state index contributed by atoms with van der Waals surface area (Å²) in [5.41, 5.74) is 0. The lowest BCUT2D eigenvalue weighted by atomic mass is 10.4. The molecule has 0 amide bonds. The van der Waals surface area contributed by atoms with E-state index in [9.17, 15) is 4.79 Å². The lowest BCUT2D eigenvalue weighted by Gasteiger charge is -2.00. The van der Waals surface area contributed by atoms with Crippen molar-refractivity contribution in [2.45, 2.75) is 6.92 Å². The monoisotopic (exact) mass is 267 g/mol. The Morgan fingerprint density at radius 2 is 2.39 bits per heavy atom. The molecule has 0 unspecified atom stereocenters. The van der Waals surface area contributed by atoms with Crippen LogP contribution in [0.25, 0.3) is 0 Å². The molecule has 0 radical (unpaired) electrons. The second-order valence-electron chi connectivity index (χ2n) is 3.23. The van der Waals surface area contributed by atoms with Crippen LogP contribution in [0.3, 0.4) is 0 Å². The number of aromatic nitrogens is 2. The highest BCUT2D eigenvalue weighted by Gasteiger charge is 2.13. The number of pyridine rings is 1. The fourth-order valence-electron chi connectivity index (χ4n) is 1.21. The maximum absolute atomic E-state index is 11.3. The van der Waals surface area contributed by atoms with Gasteiger partial charge in [0, 0.05) is 11.2 Å². The zero-order valence-corrected chi connectivity index (χ0v) is 10.3. The Morgan fingerprint density at radius 3 is 3.11 bits per heavy atom. The van der Waals surface area contributed by atoms with Crippen LogP contribution in [0.5, 0.6) is 0 Å². The molecule has 0 spiro atoms. The molecule has 2 rings (SSSR count). The Balaban J connectivity index is 2.09. The van der Waals surface area contributed by atoms with E-state index in [-0.39, 0.29) is 18.4 Å². The first-order valence-electron chi connectivity index (χ1n) is 5.20. The fraction of sp³-hybridized carbons (Fsp3) is 0.182. The van der Waals surface area contributed by atoms with Crippen LogP contribution in [-0.4, -0.2) is 22.5 Å². The summed E-state index contributed by atoms with van der Waals surface area (Å²) >= 11 is 5.80. The molecule has 0 saturated carbocycles. The van der Waals surface area contributed by atoms with E-state index in [1.165, 1.54) is 6.20 Å². The summed E-state index contributed by atoms with van der Waals surface area (Å²) in [6.07, 6.45) is 2.82. The molecule has 0 saturated heterocycles. The third kappa shape index (κ3) is 2.98. The van der Waals surface area contributed by atoms with Crippen molar-refractivity contribution < 1.29 is 13.9 Å². The van der Waals surface area contributed by atoms with Gasteiger partial charge >= 0.3 is 12.0 Å². The topological polar surface area (TPSA) is 77.2 Å². The second-order valence-corrected chi connectivity index (χ2v) is 3.67. The molecule has 0 fully saturated rings. The van der Waals surface area contributed by atoms with Gasteiger partial charge in [-0.2, -0.15) is 0 Å². The van der Waals surface area contributed by atoms with Crippen molar-refractivity contribution in [2.75, 3.05) is 11.9 Å². The van der Waals surface area contributed by atoms with E-state index in [0.29, 0.717) is 10.8 Å². The van der Waals surface area contributed by atoms with Crippen molar-refractivity contribution in [3.63, 3.8) is 0 Å². The summed E-state index contributed by atoms with van der Waals surface area (Å²) in [6, 6.07) is 3.40. The van der Waals surface area contributed by atoms with Gasteiger partial charge in [0.2, 0.25) is 5.76 Å². The zero-order valence-electron chi connectivity index (χ0n) is 9.51. The second kappa shape index (κ2) is 5.50. The van der Waals surface area contributed by atoms with Crippen molar-refractivity contribution >= 4 is 29.4 Å². The smallest absolute Gasteiger partial charge is 0.376 e. The first kappa shape index (κ1) is 12.4. The average molecular weight is 268 g/mol. The molecule has 94 valence electrons. The Hall–Kier alpha value is -2.08. The van der Waals surface area contributed by atoms with E-state index in [1.807, 2.05) is 0 Å². The van der Waals surface area contributed by atoms with Gasteiger partial charge in [-0.1, -0.05) is 11.6 Å². The molecule has 0 aliphatic rings. The minimum absolute atomic E-state index is 0.0291. The molecular weight excluding hydrogens is 258 g/mol. The van der Waals surface area contributed by atoms with E-state index in [1.54, 1.807) is 25.3 Å². The molecule has 2 aromatic heterocycles. The highest BCUT2D eigenvalue weighted by Crippen LogP contribution is 2.17. The number of nitrogens with one attached hydrogen (secondary N) is 1. The van der Waals surface area contributed by atoms with Crippen molar-refractivity contribution in [3.05, 3.63) is 35.3 Å². The van der Waals surface area contributed by atoms with Crippen LogP contribution in [0.15, 0.2) is 28.9 Å². The number of hydrogen-bond acceptors (Lipinski definition) is 6. The summed E-state index contributed by atoms with van der Waals surface area (Å²) in [7, 11) is 0. The standard InChI is InChI=1S/C11H10ClN3O3/c1-2-17-10(16)8-6-14-11(18-8)15-9-5-7(12)3-4-13-9/h3-6H,2H2,1H3,(H,13,14,15). The Bertz CT molecular complexity index is 556. The number of halogens is 1. The molecular formula is C11H10ClN3O3. The maximum atomic E-state index is 11.3. The van der Waals surface area contributed by atoms with E-state index in [0.717, 1.165) is 0 Å². The van der Waals surface area contributed by atoms with Gasteiger partial charge in [0.15, 0.2) is 0 Å². The molecule has 2 aromatic rings. The number of nitrogens with zero attached hydrogens (tertiary/aromatic N) is 2. The van der Waals surface area contributed by atoms with E-state index < -0.39 is 5.97 Å². The number of esters is 1. The van der Waals surface area contributed by atoms with Crippen LogP contribution < -0.4 is 5.32 Å². The van der Waals surface area contributed by atoms with E-state index >= 15 is 0 Å². The Morgan fingerprint density at radius 1 is 1.56 bits per heavy atom. The number of carbonyl (C=O) groups is 1. The molecule has 0 aliphatic carbocycles. The minimum Gasteiger partial charge on any atom is -0.460 e. The van der Waals surface area contributed by atoms with Gasteiger partial charge < -0.3 is 9.15 Å². The predicted octanol–water partition coefficient (Wildman–Crippen LogP) is 2.64. The highest BCUT2D eigenvalue weighted by molar-refractivity contribution is 6.30. The van der Waals surface area contributed by atoms with Crippen molar-refractivity contribution in [2.24, 2.45) is 0 Å². The summed E-state index contributed by atoms with van der Waals surface area (Å²) in [5.74, 6) is -0.0572. The SMILES string of the molecule is CCOC(=O)c1cnc(Nc2cc(Cl)ccn2)o1.